The Morgan fingerprint density at radius 1 is 1.39 bits per heavy atom. The number of hydrogen-bond acceptors (Lipinski definition) is 5. The van der Waals surface area contributed by atoms with Gasteiger partial charge in [0, 0.05) is 13.5 Å². The molecule has 6 unspecified atom stereocenters. The van der Waals surface area contributed by atoms with E-state index in [-0.39, 0.29) is 17.4 Å². The Morgan fingerprint density at radius 3 is 2.88 bits per heavy atom. The maximum atomic E-state index is 12.7. The number of nitrogens with one attached hydrogen (secondary N) is 1. The molecule has 1 amide bonds. The second-order valence-corrected chi connectivity index (χ2v) is 11.7. The van der Waals surface area contributed by atoms with Crippen LogP contribution in [0.5, 0.6) is 5.75 Å². The average Bonchev–Trinajstić information content (AvgIpc) is 3.06. The maximum Gasteiger partial charge on any atom is 0.225 e. The molecule has 0 aliphatic heterocycles. The van der Waals surface area contributed by atoms with Crippen LogP contribution in [0.25, 0.3) is 0 Å². The van der Waals surface area contributed by atoms with Crippen LogP contribution in [0.15, 0.2) is 34.7 Å². The minimum atomic E-state index is -0.277. The van der Waals surface area contributed by atoms with E-state index in [4.69, 9.17) is 4.74 Å². The fourth-order valence-electron chi connectivity index (χ4n) is 7.03. The van der Waals surface area contributed by atoms with Gasteiger partial charge in [-0.1, -0.05) is 31.3 Å². The molecule has 3 aliphatic carbocycles. The molecule has 2 saturated carbocycles. The molecule has 0 spiro atoms. The molecule has 0 bridgehead atoms. The summed E-state index contributed by atoms with van der Waals surface area (Å²) in [5.41, 5.74) is 2.86. The number of ether oxygens (including phenoxy) is 1. The van der Waals surface area contributed by atoms with Crippen molar-refractivity contribution in [2.45, 2.75) is 70.8 Å². The smallest absolute Gasteiger partial charge is 0.225 e. The summed E-state index contributed by atoms with van der Waals surface area (Å²) < 4.78 is 5.46. The topological polar surface area (TPSA) is 70.9 Å². The first-order chi connectivity index (χ1) is 15.8. The quantitative estimate of drug-likeness (QED) is 0.453. The summed E-state index contributed by atoms with van der Waals surface area (Å²) in [4.78, 5) is 17.7. The van der Waals surface area contributed by atoms with E-state index in [1.807, 2.05) is 6.92 Å². The lowest BCUT2D eigenvalue weighted by atomic mass is 9.54. The van der Waals surface area contributed by atoms with Gasteiger partial charge in [-0.05, 0) is 103 Å². The minimum Gasteiger partial charge on any atom is -0.497 e. The van der Waals surface area contributed by atoms with Gasteiger partial charge in [-0.2, -0.15) is 0 Å². The summed E-state index contributed by atoms with van der Waals surface area (Å²) in [5, 5.41) is 14.6. The van der Waals surface area contributed by atoms with Gasteiger partial charge in [0.25, 0.3) is 0 Å². The molecule has 2 N–H and O–H groups in total. The van der Waals surface area contributed by atoms with Gasteiger partial charge >= 0.3 is 0 Å². The monoisotopic (exact) mass is 470 g/mol. The van der Waals surface area contributed by atoms with Gasteiger partial charge < -0.3 is 15.2 Å². The first-order valence-electron chi connectivity index (χ1n) is 12.2. The summed E-state index contributed by atoms with van der Waals surface area (Å²) in [7, 11) is 3.41. The number of carbonyl (C=O) groups is 1. The molecule has 0 radical (unpaired) electrons. The highest BCUT2D eigenvalue weighted by Crippen LogP contribution is 2.63. The van der Waals surface area contributed by atoms with Crippen LogP contribution in [-0.2, 0) is 11.2 Å². The second kappa shape index (κ2) is 9.83. The van der Waals surface area contributed by atoms with Gasteiger partial charge in [-0.25, -0.2) is 0 Å². The van der Waals surface area contributed by atoms with Crippen LogP contribution in [0.3, 0.4) is 0 Å². The lowest BCUT2D eigenvalue weighted by Gasteiger charge is -2.51. The van der Waals surface area contributed by atoms with Crippen molar-refractivity contribution in [1.29, 1.82) is 0 Å². The zero-order chi connectivity index (χ0) is 23.8. The van der Waals surface area contributed by atoms with Crippen molar-refractivity contribution < 1.29 is 14.6 Å². The van der Waals surface area contributed by atoms with Gasteiger partial charge in [0.1, 0.15) is 5.75 Å². The number of thioether (sulfide) groups is 1. The van der Waals surface area contributed by atoms with Crippen LogP contribution in [0.4, 0.5) is 0 Å². The Hall–Kier alpha value is -1.79. The lowest BCUT2D eigenvalue weighted by Crippen LogP contribution is -2.45. The van der Waals surface area contributed by atoms with Gasteiger partial charge in [-0.15, -0.1) is 0 Å². The van der Waals surface area contributed by atoms with Crippen molar-refractivity contribution in [3.8, 4) is 5.75 Å². The van der Waals surface area contributed by atoms with Crippen LogP contribution in [0.1, 0.15) is 69.4 Å². The van der Waals surface area contributed by atoms with Crippen LogP contribution in [-0.4, -0.2) is 36.4 Å². The normalized spacial score (nSPS) is 33.0. The Balaban J connectivity index is 1.48. The number of aliphatic hydroxyl groups is 1. The second-order valence-electron chi connectivity index (χ2n) is 10.4. The summed E-state index contributed by atoms with van der Waals surface area (Å²) in [6, 6.07) is 6.57. The number of carbonyl (C=O) groups excluding carboxylic acids is 1. The van der Waals surface area contributed by atoms with Crippen molar-refractivity contribution in [2.24, 2.45) is 28.2 Å². The molecule has 6 atom stereocenters. The fourth-order valence-corrected chi connectivity index (χ4v) is 7.62. The van der Waals surface area contributed by atoms with Crippen molar-refractivity contribution in [2.75, 3.05) is 14.2 Å². The number of aryl methyl sites for hydroxylation is 1. The molecule has 2 fully saturated rings. The summed E-state index contributed by atoms with van der Waals surface area (Å²) in [6.45, 7) is 8.08. The fraction of sp³-hybridized carbons (Fsp3) is 0.630. The van der Waals surface area contributed by atoms with E-state index in [0.717, 1.165) is 49.2 Å². The molecular formula is C27H38N2O3S. The number of allylic oxidation sites excluding steroid dienone is 1. The lowest BCUT2D eigenvalue weighted by molar-refractivity contribution is -0.120. The van der Waals surface area contributed by atoms with Crippen molar-refractivity contribution >= 4 is 22.8 Å². The highest BCUT2D eigenvalue weighted by Gasteiger charge is 2.58. The first-order valence-corrected chi connectivity index (χ1v) is 13.0. The third kappa shape index (κ3) is 4.74. The van der Waals surface area contributed by atoms with E-state index in [0.29, 0.717) is 35.3 Å². The number of methoxy groups -OCH3 is 1. The summed E-state index contributed by atoms with van der Waals surface area (Å²) in [5.74, 6) is 2.89. The van der Waals surface area contributed by atoms with E-state index < -0.39 is 0 Å². The van der Waals surface area contributed by atoms with Crippen LogP contribution in [0.2, 0.25) is 0 Å². The largest absolute Gasteiger partial charge is 0.497 e. The van der Waals surface area contributed by atoms with Crippen LogP contribution < -0.4 is 10.1 Å². The number of benzene rings is 1. The zero-order valence-corrected chi connectivity index (χ0v) is 21.2. The number of aliphatic imine (C=N–C) groups is 1. The SMILES string of the molecule is C=C(C)SC(=NC)NC(=O)CCC1CC(O)C2(C)CCC3c4ccc(OC)cc4CCC3C12. The minimum absolute atomic E-state index is 0.000821. The predicted octanol–water partition coefficient (Wildman–Crippen LogP) is 5.29. The standard InChI is InChI=1S/C27H38N2O3S/c1-16(2)33-26(28-4)29-24(31)11-7-18-15-23(30)27(3)13-12-21-20-10-8-19(32-5)14-17(20)6-9-22(21)25(18)27/h8,10,14,18,21-23,25,30H,1,6-7,9,11-13,15H2,2-5H3,(H,28,29,31). The third-order valence-electron chi connectivity index (χ3n) is 8.49. The molecule has 6 heteroatoms. The summed E-state index contributed by atoms with van der Waals surface area (Å²) >= 11 is 1.39. The Bertz CT molecular complexity index is 945. The Labute approximate surface area is 202 Å². The van der Waals surface area contributed by atoms with Crippen LogP contribution >= 0.6 is 11.8 Å². The van der Waals surface area contributed by atoms with E-state index in [2.05, 4.69) is 42.0 Å². The molecule has 180 valence electrons. The molecule has 4 rings (SSSR count). The maximum absolute atomic E-state index is 12.7. The van der Waals surface area contributed by atoms with Crippen LogP contribution in [0, 0.1) is 23.2 Å². The van der Waals surface area contributed by atoms with E-state index >= 15 is 0 Å². The molecule has 1 aromatic rings. The first kappa shape index (κ1) is 24.3. The highest BCUT2D eigenvalue weighted by atomic mass is 32.2. The molecule has 0 heterocycles. The number of amides is 1. The molecular weight excluding hydrogens is 432 g/mol. The zero-order valence-electron chi connectivity index (χ0n) is 20.4. The number of nitrogens with zero attached hydrogens (tertiary/aromatic N) is 1. The third-order valence-corrected chi connectivity index (χ3v) is 9.31. The van der Waals surface area contributed by atoms with Crippen molar-refractivity contribution in [3.63, 3.8) is 0 Å². The molecule has 0 aromatic heterocycles. The van der Waals surface area contributed by atoms with Crippen molar-refractivity contribution in [1.82, 2.24) is 5.32 Å². The number of aliphatic hydroxyl groups excluding tert-OH is 1. The predicted molar refractivity (Wildman–Crippen MR) is 136 cm³/mol. The molecule has 33 heavy (non-hydrogen) atoms. The Kier molecular flexibility index (Phi) is 7.25. The molecule has 1 aromatic carbocycles. The Morgan fingerprint density at radius 2 is 2.18 bits per heavy atom. The van der Waals surface area contributed by atoms with E-state index in [9.17, 15) is 9.90 Å². The van der Waals surface area contributed by atoms with Gasteiger partial charge in [0.15, 0.2) is 5.17 Å². The van der Waals surface area contributed by atoms with Gasteiger partial charge in [-0.3, -0.25) is 9.79 Å². The van der Waals surface area contributed by atoms with Crippen molar-refractivity contribution in [3.05, 3.63) is 40.8 Å². The van der Waals surface area contributed by atoms with Gasteiger partial charge in [0.2, 0.25) is 5.91 Å². The molecule has 5 nitrogen and oxygen atoms in total. The number of fused-ring (bicyclic) bond motifs is 5. The average molecular weight is 471 g/mol. The van der Waals surface area contributed by atoms with E-state index in [1.165, 1.54) is 22.9 Å². The summed E-state index contributed by atoms with van der Waals surface area (Å²) in [6.07, 6.45) is 6.22. The van der Waals surface area contributed by atoms with Gasteiger partial charge in [0.05, 0.1) is 13.2 Å². The molecule has 0 saturated heterocycles. The number of hydrogen-bond donors (Lipinski definition) is 2. The highest BCUT2D eigenvalue weighted by molar-refractivity contribution is 8.17. The number of rotatable bonds is 5. The van der Waals surface area contributed by atoms with E-state index in [1.54, 1.807) is 14.2 Å². The molecule has 3 aliphatic rings. The number of amidine groups is 1.